The van der Waals surface area contributed by atoms with Crippen LogP contribution in [0.1, 0.15) is 44.2 Å². The summed E-state index contributed by atoms with van der Waals surface area (Å²) in [7, 11) is 1.50. The van der Waals surface area contributed by atoms with E-state index in [2.05, 4.69) is 10.4 Å². The average Bonchev–Trinajstić information content (AvgIpc) is 3.51. The van der Waals surface area contributed by atoms with Crippen LogP contribution in [0.2, 0.25) is 5.02 Å². The summed E-state index contributed by atoms with van der Waals surface area (Å²) in [4.78, 5) is 27.8. The molecular weight excluding hydrogens is 558 g/mol. The number of hydrogen-bond donors (Lipinski definition) is 2. The summed E-state index contributed by atoms with van der Waals surface area (Å²) in [6.07, 6.45) is -3.32. The summed E-state index contributed by atoms with van der Waals surface area (Å²) < 4.78 is 56.8. The van der Waals surface area contributed by atoms with Crippen LogP contribution in [0.5, 0.6) is 0 Å². The zero-order chi connectivity index (χ0) is 27.7. The molecule has 3 heterocycles. The van der Waals surface area contributed by atoms with Gasteiger partial charge in [-0.1, -0.05) is 23.4 Å². The first-order valence-electron chi connectivity index (χ1n) is 11.7. The molecule has 3 aromatic carbocycles. The van der Waals surface area contributed by atoms with E-state index in [9.17, 15) is 27.2 Å². The van der Waals surface area contributed by atoms with Gasteiger partial charge in [-0.3, -0.25) is 14.4 Å². The number of fused-ring (bicyclic) bond motifs is 4. The minimum atomic E-state index is -2.69. The Bertz CT molecular complexity index is 1710. The van der Waals surface area contributed by atoms with Gasteiger partial charge < -0.3 is 11.1 Å². The van der Waals surface area contributed by atoms with Crippen molar-refractivity contribution in [2.45, 2.75) is 29.2 Å². The van der Waals surface area contributed by atoms with Crippen LogP contribution in [0.25, 0.3) is 10.9 Å². The van der Waals surface area contributed by atoms with Crippen LogP contribution in [0, 0.1) is 11.6 Å². The molecule has 6 rings (SSSR count). The molecule has 13 heteroatoms. The number of benzene rings is 3. The fourth-order valence-electron chi connectivity index (χ4n) is 5.31. The van der Waals surface area contributed by atoms with E-state index >= 15 is 0 Å². The Balaban J connectivity index is 1.66. The molecule has 2 atom stereocenters. The molecule has 0 radical (unpaired) electrons. The van der Waals surface area contributed by atoms with Crippen LogP contribution in [-0.2, 0) is 13.5 Å². The normalized spacial score (nSPS) is 18.1. The van der Waals surface area contributed by atoms with Gasteiger partial charge in [-0.25, -0.2) is 22.4 Å². The molecule has 0 saturated carbocycles. The van der Waals surface area contributed by atoms with Gasteiger partial charge in [0.2, 0.25) is 6.43 Å². The summed E-state index contributed by atoms with van der Waals surface area (Å²) in [6.45, 7) is 0. The zero-order valence-electron chi connectivity index (χ0n) is 20.0. The van der Waals surface area contributed by atoms with Crippen molar-refractivity contribution < 1.29 is 27.2 Å². The van der Waals surface area contributed by atoms with Crippen molar-refractivity contribution in [1.29, 1.82) is 0 Å². The topological polar surface area (TPSA) is 93.2 Å². The summed E-state index contributed by atoms with van der Waals surface area (Å²) in [5.41, 5.74) is 7.53. The van der Waals surface area contributed by atoms with E-state index in [1.165, 1.54) is 53.0 Å². The Hall–Kier alpha value is -3.77. The number of hydrogen-bond acceptors (Lipinski definition) is 4. The van der Waals surface area contributed by atoms with Crippen molar-refractivity contribution in [1.82, 2.24) is 15.1 Å². The summed E-state index contributed by atoms with van der Waals surface area (Å²) in [5, 5.41) is 6.76. The predicted molar refractivity (Wildman–Crippen MR) is 138 cm³/mol. The molecule has 0 bridgehead atoms. The van der Waals surface area contributed by atoms with Crippen molar-refractivity contribution in [3.8, 4) is 0 Å². The molecule has 0 spiro atoms. The second kappa shape index (κ2) is 9.16. The highest BCUT2D eigenvalue weighted by molar-refractivity contribution is 8.00. The van der Waals surface area contributed by atoms with Gasteiger partial charge in [-0.05, 0) is 48.0 Å². The lowest BCUT2D eigenvalue weighted by Crippen LogP contribution is -2.36. The van der Waals surface area contributed by atoms with Crippen LogP contribution >= 0.6 is 23.4 Å². The van der Waals surface area contributed by atoms with E-state index in [1.807, 2.05) is 0 Å². The summed E-state index contributed by atoms with van der Waals surface area (Å²) in [5.74, 6) is -1.69. The largest absolute Gasteiger partial charge is 0.351 e. The first-order valence-corrected chi connectivity index (χ1v) is 12.9. The maximum atomic E-state index is 14.3. The molecule has 0 fully saturated rings. The first kappa shape index (κ1) is 25.5. The van der Waals surface area contributed by atoms with Crippen LogP contribution in [-0.4, -0.2) is 28.1 Å². The lowest BCUT2D eigenvalue weighted by atomic mass is 9.90. The van der Waals surface area contributed by atoms with Crippen LogP contribution in [0.4, 0.5) is 28.0 Å². The summed E-state index contributed by atoms with van der Waals surface area (Å²) >= 11 is 7.53. The molecular formula is C26H18ClF4N5O2S. The average molecular weight is 576 g/mol. The predicted octanol–water partition coefficient (Wildman–Crippen LogP) is 5.83. The number of urea groups is 1. The van der Waals surface area contributed by atoms with E-state index < -0.39 is 47.8 Å². The van der Waals surface area contributed by atoms with Crippen molar-refractivity contribution in [3.63, 3.8) is 0 Å². The fraction of sp³-hybridized carbons (Fsp3) is 0.192. The molecule has 3 amide bonds. The lowest BCUT2D eigenvalue weighted by molar-refractivity contribution is 0.0961. The highest BCUT2D eigenvalue weighted by Crippen LogP contribution is 2.55. The monoisotopic (exact) mass is 575 g/mol. The molecule has 0 saturated heterocycles. The van der Waals surface area contributed by atoms with Gasteiger partial charge in [0.15, 0.2) is 0 Å². The van der Waals surface area contributed by atoms with E-state index in [1.54, 1.807) is 6.07 Å². The molecule has 4 aromatic rings. The third-order valence-corrected chi connectivity index (χ3v) is 8.50. The number of carbonyl (C=O) groups excluding carboxylic acids is 2. The number of nitrogens with two attached hydrogens (primary N) is 1. The number of amides is 3. The third kappa shape index (κ3) is 4.00. The van der Waals surface area contributed by atoms with Gasteiger partial charge in [-0.15, -0.1) is 0 Å². The second-order valence-electron chi connectivity index (χ2n) is 9.18. The minimum Gasteiger partial charge on any atom is -0.351 e. The maximum Gasteiger partial charge on any atom is 0.320 e. The Kier molecular flexibility index (Phi) is 5.99. The molecule has 2 unspecified atom stereocenters. The number of aromatic nitrogens is 2. The van der Waals surface area contributed by atoms with E-state index in [-0.39, 0.29) is 27.4 Å². The van der Waals surface area contributed by atoms with Gasteiger partial charge in [0.05, 0.1) is 29.4 Å². The number of thioether (sulfide) groups is 1. The molecule has 7 nitrogen and oxygen atoms in total. The van der Waals surface area contributed by atoms with Crippen molar-refractivity contribution in [2.24, 2.45) is 12.8 Å². The molecule has 0 aliphatic carbocycles. The van der Waals surface area contributed by atoms with Gasteiger partial charge in [-0.2, -0.15) is 5.10 Å². The van der Waals surface area contributed by atoms with Crippen LogP contribution < -0.4 is 16.0 Å². The highest BCUT2D eigenvalue weighted by atomic mass is 35.5. The van der Waals surface area contributed by atoms with Crippen molar-refractivity contribution in [2.75, 3.05) is 4.90 Å². The molecule has 200 valence electrons. The second-order valence-corrected chi connectivity index (χ2v) is 10.7. The lowest BCUT2D eigenvalue weighted by Gasteiger charge is -2.26. The van der Waals surface area contributed by atoms with Crippen molar-refractivity contribution in [3.05, 3.63) is 87.1 Å². The SMILES string of the molecule is Cn1nc2c3c(c(C4Sc5cc(F)ccc5N4C(N)=O)cc2c1CC(F)F)C(c1cc(F)ccc1Cl)NC3=O. The first-order chi connectivity index (χ1) is 18.5. The van der Waals surface area contributed by atoms with E-state index in [4.69, 9.17) is 17.3 Å². The van der Waals surface area contributed by atoms with Gasteiger partial charge >= 0.3 is 6.03 Å². The third-order valence-electron chi connectivity index (χ3n) is 6.89. The number of alkyl halides is 2. The van der Waals surface area contributed by atoms with Gasteiger partial charge in [0.1, 0.15) is 22.5 Å². The standard InChI is InChI=1S/C26H18ClF4N5O2S/c1-35-17(9-19(30)31)13-8-14(25-36(26(32)38)16-5-3-11(29)7-18(16)39-25)20-21(23(13)34-35)24(37)33-22(20)12-6-10(28)2-4-15(12)27/h2-8,19,22,25H,9H2,1H3,(H2,32,38)(H,33,37). The van der Waals surface area contributed by atoms with E-state index in [0.717, 1.165) is 11.8 Å². The molecule has 39 heavy (non-hydrogen) atoms. The van der Waals surface area contributed by atoms with Crippen molar-refractivity contribution >= 4 is 51.9 Å². The molecule has 3 N–H and O–H groups in total. The molecule has 1 aromatic heterocycles. The maximum absolute atomic E-state index is 14.3. The Morgan fingerprint density at radius 1 is 1.15 bits per heavy atom. The minimum absolute atomic E-state index is 0.0936. The molecule has 2 aliphatic rings. The number of nitrogens with one attached hydrogen (secondary N) is 1. The Morgan fingerprint density at radius 3 is 2.59 bits per heavy atom. The Morgan fingerprint density at radius 2 is 1.87 bits per heavy atom. The number of carbonyl (C=O) groups is 2. The number of aryl methyl sites for hydroxylation is 1. The van der Waals surface area contributed by atoms with Gasteiger partial charge in [0.25, 0.3) is 5.91 Å². The molecule has 2 aliphatic heterocycles. The van der Waals surface area contributed by atoms with E-state index in [0.29, 0.717) is 27.1 Å². The quantitative estimate of drug-likeness (QED) is 0.299. The highest BCUT2D eigenvalue weighted by Gasteiger charge is 2.43. The van der Waals surface area contributed by atoms with Gasteiger partial charge in [0, 0.05) is 33.5 Å². The zero-order valence-corrected chi connectivity index (χ0v) is 21.6. The number of rotatable bonds is 4. The fourth-order valence-corrected chi connectivity index (χ4v) is 6.89. The number of halogens is 5. The Labute approximate surface area is 227 Å². The van der Waals surface area contributed by atoms with Crippen LogP contribution in [0.15, 0.2) is 47.4 Å². The number of primary amides is 1. The summed E-state index contributed by atoms with van der Waals surface area (Å²) in [6, 6.07) is 7.38. The number of nitrogens with zero attached hydrogens (tertiary/aromatic N) is 3. The smallest absolute Gasteiger partial charge is 0.320 e. The number of anilines is 1. The van der Waals surface area contributed by atoms with Crippen LogP contribution in [0.3, 0.4) is 0 Å².